The van der Waals surface area contributed by atoms with E-state index in [9.17, 15) is 9.90 Å². The Kier molecular flexibility index (Phi) is 5.31. The third kappa shape index (κ3) is 5.29. The zero-order chi connectivity index (χ0) is 13.6. The van der Waals surface area contributed by atoms with Gasteiger partial charge >= 0.3 is 0 Å². The summed E-state index contributed by atoms with van der Waals surface area (Å²) in [5.74, 6) is -0.118. The normalized spacial score (nSPS) is 13.1. The van der Waals surface area contributed by atoms with E-state index in [0.717, 1.165) is 5.56 Å². The second kappa shape index (κ2) is 6.52. The number of carbonyl (C=O) groups is 1. The lowest BCUT2D eigenvalue weighted by Crippen LogP contribution is -2.44. The summed E-state index contributed by atoms with van der Waals surface area (Å²) in [7, 11) is 0. The van der Waals surface area contributed by atoms with Crippen molar-refractivity contribution in [2.45, 2.75) is 32.4 Å². The molecule has 0 aliphatic rings. The van der Waals surface area contributed by atoms with E-state index in [1.54, 1.807) is 0 Å². The van der Waals surface area contributed by atoms with Crippen LogP contribution in [0.2, 0.25) is 0 Å². The quantitative estimate of drug-likeness (QED) is 0.736. The predicted molar refractivity (Wildman–Crippen MR) is 72.2 cm³/mol. The first-order chi connectivity index (χ1) is 8.42. The number of hydrogen-bond donors (Lipinski definition) is 3. The molecule has 1 aromatic carbocycles. The van der Waals surface area contributed by atoms with Crippen molar-refractivity contribution in [1.29, 1.82) is 0 Å². The Morgan fingerprint density at radius 3 is 2.39 bits per heavy atom. The number of aliphatic hydroxyl groups is 1. The fourth-order valence-electron chi connectivity index (χ4n) is 1.51. The Hall–Kier alpha value is -1.39. The number of benzene rings is 1. The van der Waals surface area contributed by atoms with E-state index in [0.29, 0.717) is 0 Å². The molecule has 1 amide bonds. The second-order valence-corrected chi connectivity index (χ2v) is 5.32. The van der Waals surface area contributed by atoms with E-state index < -0.39 is 0 Å². The van der Waals surface area contributed by atoms with Crippen molar-refractivity contribution >= 4 is 5.91 Å². The van der Waals surface area contributed by atoms with E-state index >= 15 is 0 Å². The summed E-state index contributed by atoms with van der Waals surface area (Å²) >= 11 is 0. The summed E-state index contributed by atoms with van der Waals surface area (Å²) in [6.45, 7) is 6.14. The summed E-state index contributed by atoms with van der Waals surface area (Å²) in [5.41, 5.74) is 0.808. The van der Waals surface area contributed by atoms with E-state index in [1.165, 1.54) is 0 Å². The largest absolute Gasteiger partial charge is 0.394 e. The van der Waals surface area contributed by atoms with Gasteiger partial charge in [0.25, 0.3) is 0 Å². The fraction of sp³-hybridized carbons (Fsp3) is 0.500. The molecule has 0 aliphatic heterocycles. The standard InChI is InChI=1S/C14H22N2O2/c1-14(2,3)15-9-13(18)16-12(10-17)11-7-5-4-6-8-11/h4-8,12,15,17H,9-10H2,1-3H3,(H,16,18). The predicted octanol–water partition coefficient (Wildman–Crippen LogP) is 1.22. The number of carbonyl (C=O) groups excluding carboxylic acids is 1. The average molecular weight is 250 g/mol. The maximum Gasteiger partial charge on any atom is 0.234 e. The Morgan fingerprint density at radius 2 is 1.89 bits per heavy atom. The minimum absolute atomic E-state index is 0.0984. The van der Waals surface area contributed by atoms with Crippen LogP contribution in [0.4, 0.5) is 0 Å². The molecule has 0 aliphatic carbocycles. The maximum absolute atomic E-state index is 11.7. The van der Waals surface area contributed by atoms with Crippen LogP contribution in [0.15, 0.2) is 30.3 Å². The third-order valence-corrected chi connectivity index (χ3v) is 2.50. The molecular weight excluding hydrogens is 228 g/mol. The molecule has 18 heavy (non-hydrogen) atoms. The first kappa shape index (κ1) is 14.7. The highest BCUT2D eigenvalue weighted by Crippen LogP contribution is 2.11. The maximum atomic E-state index is 11.7. The van der Waals surface area contributed by atoms with Crippen molar-refractivity contribution in [3.8, 4) is 0 Å². The molecule has 3 N–H and O–H groups in total. The monoisotopic (exact) mass is 250 g/mol. The average Bonchev–Trinajstić information content (AvgIpc) is 2.33. The van der Waals surface area contributed by atoms with E-state index in [2.05, 4.69) is 10.6 Å². The van der Waals surface area contributed by atoms with Gasteiger partial charge in [0.1, 0.15) is 0 Å². The minimum Gasteiger partial charge on any atom is -0.394 e. The fourth-order valence-corrected chi connectivity index (χ4v) is 1.51. The summed E-state index contributed by atoms with van der Waals surface area (Å²) in [6, 6.07) is 9.10. The molecule has 0 aromatic heterocycles. The van der Waals surface area contributed by atoms with E-state index in [4.69, 9.17) is 0 Å². The van der Waals surface area contributed by atoms with Crippen LogP contribution in [0.1, 0.15) is 32.4 Å². The van der Waals surface area contributed by atoms with Gasteiger partial charge in [-0.05, 0) is 26.3 Å². The highest BCUT2D eigenvalue weighted by atomic mass is 16.3. The van der Waals surface area contributed by atoms with Gasteiger partial charge in [0.15, 0.2) is 0 Å². The van der Waals surface area contributed by atoms with Gasteiger partial charge in [-0.1, -0.05) is 30.3 Å². The van der Waals surface area contributed by atoms with Gasteiger partial charge in [0.2, 0.25) is 5.91 Å². The third-order valence-electron chi connectivity index (χ3n) is 2.50. The van der Waals surface area contributed by atoms with Gasteiger partial charge in [-0.2, -0.15) is 0 Å². The van der Waals surface area contributed by atoms with E-state index in [1.807, 2.05) is 51.1 Å². The molecule has 1 aromatic rings. The van der Waals surface area contributed by atoms with Crippen LogP contribution >= 0.6 is 0 Å². The zero-order valence-electron chi connectivity index (χ0n) is 11.2. The molecule has 0 heterocycles. The molecule has 1 rings (SSSR count). The van der Waals surface area contributed by atoms with Crippen LogP contribution in [0, 0.1) is 0 Å². The van der Waals surface area contributed by atoms with Crippen molar-refractivity contribution < 1.29 is 9.90 Å². The molecule has 4 heteroatoms. The van der Waals surface area contributed by atoms with E-state index in [-0.39, 0.29) is 30.6 Å². The van der Waals surface area contributed by atoms with Crippen LogP contribution in [0.5, 0.6) is 0 Å². The van der Waals surface area contributed by atoms with Gasteiger partial charge in [-0.3, -0.25) is 4.79 Å². The lowest BCUT2D eigenvalue weighted by molar-refractivity contribution is -0.121. The van der Waals surface area contributed by atoms with Gasteiger partial charge in [0.05, 0.1) is 19.2 Å². The molecule has 1 unspecified atom stereocenters. The van der Waals surface area contributed by atoms with Crippen LogP contribution in [0.25, 0.3) is 0 Å². The van der Waals surface area contributed by atoms with Gasteiger partial charge in [-0.15, -0.1) is 0 Å². The number of rotatable bonds is 5. The van der Waals surface area contributed by atoms with Crippen LogP contribution in [-0.2, 0) is 4.79 Å². The summed E-state index contributed by atoms with van der Waals surface area (Å²) in [5, 5.41) is 15.2. The van der Waals surface area contributed by atoms with Gasteiger partial charge in [0, 0.05) is 5.54 Å². The molecule has 0 fully saturated rings. The van der Waals surface area contributed by atoms with Crippen molar-refractivity contribution in [3.05, 3.63) is 35.9 Å². The number of aliphatic hydroxyl groups excluding tert-OH is 1. The van der Waals surface area contributed by atoms with Crippen LogP contribution in [-0.4, -0.2) is 29.7 Å². The molecule has 0 radical (unpaired) electrons. The zero-order valence-corrected chi connectivity index (χ0v) is 11.2. The lowest BCUT2D eigenvalue weighted by Gasteiger charge is -2.22. The Labute approximate surface area is 108 Å². The molecule has 0 bridgehead atoms. The van der Waals surface area contributed by atoms with Crippen molar-refractivity contribution in [2.75, 3.05) is 13.2 Å². The van der Waals surface area contributed by atoms with Gasteiger partial charge in [-0.25, -0.2) is 0 Å². The van der Waals surface area contributed by atoms with Crippen molar-refractivity contribution in [3.63, 3.8) is 0 Å². The topological polar surface area (TPSA) is 61.4 Å². The Bertz CT molecular complexity index is 371. The first-order valence-electron chi connectivity index (χ1n) is 6.12. The highest BCUT2D eigenvalue weighted by Gasteiger charge is 2.15. The molecule has 0 spiro atoms. The van der Waals surface area contributed by atoms with Crippen LogP contribution < -0.4 is 10.6 Å². The second-order valence-electron chi connectivity index (χ2n) is 5.32. The Morgan fingerprint density at radius 1 is 1.28 bits per heavy atom. The SMILES string of the molecule is CC(C)(C)NCC(=O)NC(CO)c1ccccc1. The van der Waals surface area contributed by atoms with Gasteiger partial charge < -0.3 is 15.7 Å². The molecule has 100 valence electrons. The number of amides is 1. The van der Waals surface area contributed by atoms with Crippen molar-refractivity contribution in [1.82, 2.24) is 10.6 Å². The highest BCUT2D eigenvalue weighted by molar-refractivity contribution is 5.78. The number of nitrogens with one attached hydrogen (secondary N) is 2. The van der Waals surface area contributed by atoms with Crippen LogP contribution in [0.3, 0.4) is 0 Å². The molecule has 0 saturated carbocycles. The smallest absolute Gasteiger partial charge is 0.234 e. The molecule has 1 atom stereocenters. The Balaban J connectivity index is 2.51. The minimum atomic E-state index is -0.347. The molecule has 0 saturated heterocycles. The lowest BCUT2D eigenvalue weighted by atomic mass is 10.1. The molecule has 4 nitrogen and oxygen atoms in total. The first-order valence-corrected chi connectivity index (χ1v) is 6.12. The summed E-state index contributed by atoms with van der Waals surface area (Å²) < 4.78 is 0. The number of hydrogen-bond acceptors (Lipinski definition) is 3. The summed E-state index contributed by atoms with van der Waals surface area (Å²) in [4.78, 5) is 11.7. The molecular formula is C14H22N2O2. The van der Waals surface area contributed by atoms with Crippen molar-refractivity contribution in [2.24, 2.45) is 0 Å². The summed E-state index contributed by atoms with van der Waals surface area (Å²) in [6.07, 6.45) is 0.